The van der Waals surface area contributed by atoms with Crippen molar-refractivity contribution in [2.75, 3.05) is 13.2 Å². The molecule has 0 radical (unpaired) electrons. The first-order chi connectivity index (χ1) is 25.3. The van der Waals surface area contributed by atoms with Gasteiger partial charge in [-0.25, -0.2) is 8.78 Å². The molecule has 52 heavy (non-hydrogen) atoms. The summed E-state index contributed by atoms with van der Waals surface area (Å²) in [5, 5.41) is 0. The fourth-order valence-electron chi connectivity index (χ4n) is 8.30. The highest BCUT2D eigenvalue weighted by molar-refractivity contribution is 5.66. The normalized spacial score (nSPS) is 20.2. The summed E-state index contributed by atoms with van der Waals surface area (Å²) in [7, 11) is 0. The maximum absolute atomic E-state index is 14.4. The van der Waals surface area contributed by atoms with E-state index in [1.165, 1.54) is 100 Å². The second kappa shape index (κ2) is 19.3. The molecule has 0 atom stereocenters. The summed E-state index contributed by atoms with van der Waals surface area (Å²) in [6.45, 7) is 8.64. The first-order valence-electron chi connectivity index (χ1n) is 19.7. The quantitative estimate of drug-likeness (QED) is 0.136. The predicted octanol–water partition coefficient (Wildman–Crippen LogP) is 14.2. The maximum atomic E-state index is 14.4. The molecule has 2 nitrogen and oxygen atoms in total. The number of benzene rings is 4. The monoisotopic (exact) mass is 716 g/mol. The molecule has 0 aromatic heterocycles. The first kappa shape index (κ1) is 39.4. The Morgan fingerprint density at radius 2 is 0.788 bits per heavy atom. The van der Waals surface area contributed by atoms with Crippen LogP contribution in [0, 0.1) is 35.1 Å². The van der Waals surface area contributed by atoms with Gasteiger partial charge in [-0.3, -0.25) is 0 Å². The van der Waals surface area contributed by atoms with Gasteiger partial charge >= 0.3 is 0 Å². The Hall–Kier alpha value is -3.80. The van der Waals surface area contributed by atoms with Crippen LogP contribution in [0.2, 0.25) is 0 Å². The molecule has 0 aliphatic heterocycles. The lowest BCUT2D eigenvalue weighted by molar-refractivity contribution is 0.308. The molecule has 280 valence electrons. The van der Waals surface area contributed by atoms with E-state index in [4.69, 9.17) is 9.47 Å². The molecule has 2 saturated carbocycles. The minimum atomic E-state index is -0.914. The number of hydrogen-bond acceptors (Lipinski definition) is 2. The van der Waals surface area contributed by atoms with E-state index < -0.39 is 23.3 Å². The van der Waals surface area contributed by atoms with Crippen LogP contribution in [0.3, 0.4) is 0 Å². The number of halogens is 4. The van der Waals surface area contributed by atoms with Gasteiger partial charge in [0.2, 0.25) is 11.6 Å². The molecule has 0 unspecified atom stereocenters. The Kier molecular flexibility index (Phi) is 14.6. The average molecular weight is 717 g/mol. The maximum Gasteiger partial charge on any atom is 0.201 e. The Morgan fingerprint density at radius 3 is 1.10 bits per heavy atom. The van der Waals surface area contributed by atoms with Crippen molar-refractivity contribution in [1.82, 2.24) is 0 Å². The summed E-state index contributed by atoms with van der Waals surface area (Å²) in [6, 6.07) is 22.1. The molecule has 0 N–H and O–H groups in total. The third-order valence-corrected chi connectivity index (χ3v) is 11.2. The van der Waals surface area contributed by atoms with Gasteiger partial charge in [-0.05, 0) is 135 Å². The van der Waals surface area contributed by atoms with Crippen molar-refractivity contribution in [1.29, 1.82) is 0 Å². The van der Waals surface area contributed by atoms with Gasteiger partial charge < -0.3 is 9.47 Å². The van der Waals surface area contributed by atoms with E-state index in [1.54, 1.807) is 26.0 Å². The third kappa shape index (κ3) is 9.79. The van der Waals surface area contributed by atoms with Crippen LogP contribution in [0.5, 0.6) is 11.5 Å². The molecular weight excluding hydrogens is 660 g/mol. The van der Waals surface area contributed by atoms with E-state index in [0.29, 0.717) is 36.2 Å². The smallest absolute Gasteiger partial charge is 0.201 e. The second-order valence-corrected chi connectivity index (χ2v) is 14.6. The average Bonchev–Trinajstić information content (AvgIpc) is 3.17. The summed E-state index contributed by atoms with van der Waals surface area (Å²) in [5.74, 6) is -0.618. The van der Waals surface area contributed by atoms with E-state index in [2.05, 4.69) is 38.1 Å². The van der Waals surface area contributed by atoms with Crippen LogP contribution < -0.4 is 9.47 Å². The van der Waals surface area contributed by atoms with Gasteiger partial charge in [0, 0.05) is 11.1 Å². The van der Waals surface area contributed by atoms with Crippen molar-refractivity contribution in [2.24, 2.45) is 11.8 Å². The van der Waals surface area contributed by atoms with E-state index in [9.17, 15) is 17.6 Å². The Labute approximate surface area is 309 Å². The van der Waals surface area contributed by atoms with Gasteiger partial charge in [0.05, 0.1) is 13.2 Å². The molecule has 2 aliphatic rings. The van der Waals surface area contributed by atoms with Gasteiger partial charge in [0.25, 0.3) is 0 Å². The van der Waals surface area contributed by atoms with Gasteiger partial charge in [0.15, 0.2) is 23.1 Å². The SMILES string of the molecule is CCCC1CCC(c2ccc(-c3ccc(OCC)c(F)c3F)cc2)CC1.CCCC1CCC(c2ccc(-c3ccc(OCC)c(F)c3F)cc2)CC1. The van der Waals surface area contributed by atoms with Crippen LogP contribution in [-0.4, -0.2) is 13.2 Å². The summed E-state index contributed by atoms with van der Waals surface area (Å²) in [6.07, 6.45) is 15.4. The molecule has 0 saturated heterocycles. The lowest BCUT2D eigenvalue weighted by atomic mass is 9.77. The second-order valence-electron chi connectivity index (χ2n) is 14.6. The van der Waals surface area contributed by atoms with Crippen LogP contribution in [-0.2, 0) is 0 Å². The van der Waals surface area contributed by atoms with Crippen molar-refractivity contribution in [3.8, 4) is 33.8 Å². The zero-order valence-electron chi connectivity index (χ0n) is 31.5. The highest BCUT2D eigenvalue weighted by Gasteiger charge is 2.24. The topological polar surface area (TPSA) is 18.5 Å². The first-order valence-corrected chi connectivity index (χ1v) is 19.7. The van der Waals surface area contributed by atoms with Gasteiger partial charge in [-0.15, -0.1) is 0 Å². The minimum absolute atomic E-state index is 0.0331. The van der Waals surface area contributed by atoms with Crippen LogP contribution in [0.1, 0.15) is 128 Å². The number of hydrogen-bond donors (Lipinski definition) is 0. The number of ether oxygens (including phenoxy) is 2. The molecule has 0 bridgehead atoms. The zero-order chi connectivity index (χ0) is 37.0. The molecule has 2 fully saturated rings. The predicted molar refractivity (Wildman–Crippen MR) is 205 cm³/mol. The Balaban J connectivity index is 0.000000201. The Morgan fingerprint density at radius 1 is 0.442 bits per heavy atom. The van der Waals surface area contributed by atoms with E-state index >= 15 is 0 Å². The molecule has 4 aromatic rings. The van der Waals surface area contributed by atoms with Gasteiger partial charge in [-0.1, -0.05) is 88.1 Å². The van der Waals surface area contributed by atoms with Crippen molar-refractivity contribution < 1.29 is 27.0 Å². The van der Waals surface area contributed by atoms with Crippen molar-refractivity contribution in [3.05, 3.63) is 107 Å². The summed E-state index contributed by atoms with van der Waals surface area (Å²) >= 11 is 0. The van der Waals surface area contributed by atoms with Gasteiger partial charge in [0.1, 0.15) is 0 Å². The van der Waals surface area contributed by atoms with Crippen molar-refractivity contribution in [2.45, 2.75) is 117 Å². The van der Waals surface area contributed by atoms with Gasteiger partial charge in [-0.2, -0.15) is 8.78 Å². The molecule has 4 aromatic carbocycles. The largest absolute Gasteiger partial charge is 0.491 e. The highest BCUT2D eigenvalue weighted by atomic mass is 19.2. The van der Waals surface area contributed by atoms with Crippen molar-refractivity contribution in [3.63, 3.8) is 0 Å². The summed E-state index contributed by atoms with van der Waals surface area (Å²) in [5.41, 5.74) is 4.60. The molecular formula is C46H56F4O2. The van der Waals surface area contributed by atoms with Crippen LogP contribution >= 0.6 is 0 Å². The summed E-state index contributed by atoms with van der Waals surface area (Å²) in [4.78, 5) is 0. The molecule has 6 rings (SSSR count). The number of rotatable bonds is 12. The lowest BCUT2D eigenvalue weighted by Crippen LogP contribution is -2.13. The minimum Gasteiger partial charge on any atom is -0.491 e. The van der Waals surface area contributed by atoms with Crippen molar-refractivity contribution >= 4 is 0 Å². The van der Waals surface area contributed by atoms with Crippen LogP contribution in [0.4, 0.5) is 17.6 Å². The zero-order valence-corrected chi connectivity index (χ0v) is 31.5. The van der Waals surface area contributed by atoms with E-state index in [-0.39, 0.29) is 22.6 Å². The molecule has 0 spiro atoms. The fraction of sp³-hybridized carbons (Fsp3) is 0.478. The van der Waals surface area contributed by atoms with E-state index in [0.717, 1.165) is 11.8 Å². The Bertz CT molecular complexity index is 1560. The fourth-order valence-corrected chi connectivity index (χ4v) is 8.30. The standard InChI is InChI=1S/2C23H28F2O/c2*1-3-5-16-6-8-17(9-7-16)18-10-12-19(13-11-18)20-14-15-21(26-4-2)23(25)22(20)24/h2*10-17H,3-9H2,1-2H3. The van der Waals surface area contributed by atoms with Crippen LogP contribution in [0.15, 0.2) is 72.8 Å². The van der Waals surface area contributed by atoms with E-state index in [1.807, 2.05) is 24.3 Å². The van der Waals surface area contributed by atoms with Crippen LogP contribution in [0.25, 0.3) is 22.3 Å². The molecule has 2 aliphatic carbocycles. The third-order valence-electron chi connectivity index (χ3n) is 11.2. The molecule has 6 heteroatoms. The highest BCUT2D eigenvalue weighted by Crippen LogP contribution is 2.40. The lowest BCUT2D eigenvalue weighted by Gasteiger charge is -2.28. The molecule has 0 amide bonds. The molecule has 0 heterocycles. The summed E-state index contributed by atoms with van der Waals surface area (Å²) < 4.78 is 67.2.